The average molecular weight is 305 g/mol. The molecule has 5 heteroatoms. The molecule has 0 spiro atoms. The van der Waals surface area contributed by atoms with Gasteiger partial charge in [-0.15, -0.1) is 0 Å². The second-order valence-corrected chi connectivity index (χ2v) is 6.00. The molecule has 0 saturated carbocycles. The normalized spacial score (nSPS) is 26.0. The molecule has 1 saturated heterocycles. The first kappa shape index (κ1) is 13.0. The predicted molar refractivity (Wildman–Crippen MR) is 78.1 cm³/mol. The number of benzene rings is 1. The fourth-order valence-corrected chi connectivity index (χ4v) is 3.64. The lowest BCUT2D eigenvalue weighted by molar-refractivity contribution is 0.387. The first-order chi connectivity index (χ1) is 10.2. The highest BCUT2D eigenvalue weighted by Gasteiger charge is 2.60. The predicted octanol–water partition coefficient (Wildman–Crippen LogP) is 3.37. The minimum atomic E-state index is -0.349. The van der Waals surface area contributed by atoms with Crippen LogP contribution in [0.3, 0.4) is 0 Å². The van der Waals surface area contributed by atoms with E-state index in [1.165, 1.54) is 11.6 Å². The summed E-state index contributed by atoms with van der Waals surface area (Å²) >= 11 is 5.85. The fourth-order valence-electron chi connectivity index (χ4n) is 3.48. The highest BCUT2D eigenvalue weighted by molar-refractivity contribution is 6.30. The molecular formula is C16H14ClFN2O. The number of fused-ring (bicyclic) bond motifs is 3. The Kier molecular flexibility index (Phi) is 2.75. The third kappa shape index (κ3) is 1.79. The van der Waals surface area contributed by atoms with Gasteiger partial charge in [-0.05, 0) is 36.6 Å². The maximum atomic E-state index is 14.3. The molecule has 1 N–H and O–H groups in total. The standard InChI is InChI=1S/C16H14ClFN2O/c1-21-15-13-9(5-7-19-15)4-6-16(14(13)20-16)11-3-2-10(17)8-12(11)18/h2-3,5,7-8,14,20H,4,6H2,1H3/t14-,16-/m0/s1. The zero-order valence-corrected chi connectivity index (χ0v) is 12.2. The number of rotatable bonds is 2. The van der Waals surface area contributed by atoms with Crippen LogP contribution >= 0.6 is 11.6 Å². The van der Waals surface area contributed by atoms with Crippen molar-refractivity contribution in [3.8, 4) is 5.88 Å². The topological polar surface area (TPSA) is 44.1 Å². The number of pyridine rings is 1. The monoisotopic (exact) mass is 304 g/mol. The van der Waals surface area contributed by atoms with Gasteiger partial charge in [0.1, 0.15) is 5.82 Å². The summed E-state index contributed by atoms with van der Waals surface area (Å²) in [6.07, 6.45) is 3.49. The molecule has 0 bridgehead atoms. The largest absolute Gasteiger partial charge is 0.481 e. The molecular weight excluding hydrogens is 291 g/mol. The molecule has 4 rings (SSSR count). The van der Waals surface area contributed by atoms with E-state index in [2.05, 4.69) is 10.3 Å². The van der Waals surface area contributed by atoms with Crippen molar-refractivity contribution in [2.75, 3.05) is 7.11 Å². The van der Waals surface area contributed by atoms with Gasteiger partial charge in [-0.1, -0.05) is 17.7 Å². The van der Waals surface area contributed by atoms with Crippen LogP contribution in [0.2, 0.25) is 5.02 Å². The molecule has 3 nitrogen and oxygen atoms in total. The number of aryl methyl sites for hydroxylation is 1. The smallest absolute Gasteiger partial charge is 0.218 e. The summed E-state index contributed by atoms with van der Waals surface area (Å²) in [6.45, 7) is 0. The highest BCUT2D eigenvalue weighted by atomic mass is 35.5. The Bertz CT molecular complexity index is 722. The molecule has 21 heavy (non-hydrogen) atoms. The number of nitrogens with zero attached hydrogens (tertiary/aromatic N) is 1. The van der Waals surface area contributed by atoms with Crippen LogP contribution in [0, 0.1) is 5.82 Å². The molecule has 2 atom stereocenters. The van der Waals surface area contributed by atoms with Crippen LogP contribution < -0.4 is 10.1 Å². The zero-order valence-electron chi connectivity index (χ0n) is 11.5. The fraction of sp³-hybridized carbons (Fsp3) is 0.312. The molecule has 0 radical (unpaired) electrons. The van der Waals surface area contributed by atoms with Crippen molar-refractivity contribution in [2.24, 2.45) is 0 Å². The van der Waals surface area contributed by atoms with E-state index in [4.69, 9.17) is 16.3 Å². The van der Waals surface area contributed by atoms with Crippen LogP contribution in [-0.4, -0.2) is 12.1 Å². The molecule has 108 valence electrons. The van der Waals surface area contributed by atoms with Crippen LogP contribution in [0.15, 0.2) is 30.5 Å². The quantitative estimate of drug-likeness (QED) is 0.865. The Morgan fingerprint density at radius 1 is 1.43 bits per heavy atom. The second kappa shape index (κ2) is 4.42. The summed E-state index contributed by atoms with van der Waals surface area (Å²) < 4.78 is 19.7. The van der Waals surface area contributed by atoms with E-state index < -0.39 is 0 Å². The summed E-state index contributed by atoms with van der Waals surface area (Å²) in [7, 11) is 1.62. The van der Waals surface area contributed by atoms with E-state index in [-0.39, 0.29) is 17.4 Å². The molecule has 1 aliphatic carbocycles. The maximum absolute atomic E-state index is 14.3. The summed E-state index contributed by atoms with van der Waals surface area (Å²) in [6, 6.07) is 6.96. The van der Waals surface area contributed by atoms with Crippen molar-refractivity contribution in [3.05, 3.63) is 58.0 Å². The van der Waals surface area contributed by atoms with Gasteiger partial charge in [0.25, 0.3) is 0 Å². The van der Waals surface area contributed by atoms with E-state index in [1.54, 1.807) is 25.4 Å². The molecule has 2 aromatic rings. The second-order valence-electron chi connectivity index (χ2n) is 5.57. The number of hydrogen-bond donors (Lipinski definition) is 1. The summed E-state index contributed by atoms with van der Waals surface area (Å²) in [5.74, 6) is 0.366. The lowest BCUT2D eigenvalue weighted by Gasteiger charge is -2.23. The van der Waals surface area contributed by atoms with Crippen molar-refractivity contribution in [3.63, 3.8) is 0 Å². The van der Waals surface area contributed by atoms with E-state index in [0.29, 0.717) is 16.5 Å². The van der Waals surface area contributed by atoms with Gasteiger partial charge in [0.15, 0.2) is 0 Å². The lowest BCUT2D eigenvalue weighted by atomic mass is 9.80. The highest BCUT2D eigenvalue weighted by Crippen LogP contribution is 2.58. The summed E-state index contributed by atoms with van der Waals surface area (Å²) in [4.78, 5) is 4.27. The molecule has 1 aliphatic heterocycles. The van der Waals surface area contributed by atoms with Gasteiger partial charge in [-0.2, -0.15) is 0 Å². The van der Waals surface area contributed by atoms with Crippen molar-refractivity contribution >= 4 is 11.6 Å². The average Bonchev–Trinajstić information content (AvgIpc) is 3.22. The maximum Gasteiger partial charge on any atom is 0.218 e. The third-order valence-corrected chi connectivity index (χ3v) is 4.77. The number of nitrogens with one attached hydrogen (secondary N) is 1. The van der Waals surface area contributed by atoms with Crippen LogP contribution in [0.25, 0.3) is 0 Å². The van der Waals surface area contributed by atoms with Crippen LogP contribution in [0.5, 0.6) is 5.88 Å². The summed E-state index contributed by atoms with van der Waals surface area (Å²) in [5.41, 5.74) is 2.61. The molecule has 0 unspecified atom stereocenters. The first-order valence-electron chi connectivity index (χ1n) is 6.91. The number of methoxy groups -OCH3 is 1. The van der Waals surface area contributed by atoms with Gasteiger partial charge in [0.05, 0.1) is 18.7 Å². The molecule has 1 fully saturated rings. The Morgan fingerprint density at radius 3 is 3.05 bits per heavy atom. The molecule has 1 aromatic heterocycles. The SMILES string of the molecule is COc1nccc2c1[C@@H]1N[C@]1(c1ccc(Cl)cc1F)CC2. The Morgan fingerprint density at radius 2 is 2.29 bits per heavy atom. The van der Waals surface area contributed by atoms with Crippen LogP contribution in [0.4, 0.5) is 4.39 Å². The number of halogens is 2. The number of ether oxygens (including phenoxy) is 1. The molecule has 2 aliphatic rings. The number of aromatic nitrogens is 1. The van der Waals surface area contributed by atoms with Gasteiger partial charge in [-0.25, -0.2) is 9.37 Å². The minimum absolute atomic E-state index is 0.0561. The van der Waals surface area contributed by atoms with Gasteiger partial charge >= 0.3 is 0 Å². The molecule has 0 amide bonds. The van der Waals surface area contributed by atoms with Crippen LogP contribution in [-0.2, 0) is 12.0 Å². The molecule has 1 aromatic carbocycles. The van der Waals surface area contributed by atoms with Crippen molar-refractivity contribution in [2.45, 2.75) is 24.4 Å². The third-order valence-electron chi connectivity index (χ3n) is 4.54. The van der Waals surface area contributed by atoms with Gasteiger partial charge in [0, 0.05) is 22.3 Å². The summed E-state index contributed by atoms with van der Waals surface area (Å²) in [5, 5.41) is 3.87. The molecule has 2 heterocycles. The Hall–Kier alpha value is -1.65. The Labute approximate surface area is 127 Å². The van der Waals surface area contributed by atoms with Crippen molar-refractivity contribution < 1.29 is 9.13 Å². The van der Waals surface area contributed by atoms with E-state index in [0.717, 1.165) is 18.4 Å². The minimum Gasteiger partial charge on any atom is -0.481 e. The zero-order chi connectivity index (χ0) is 14.6. The van der Waals surface area contributed by atoms with Crippen molar-refractivity contribution in [1.29, 1.82) is 0 Å². The van der Waals surface area contributed by atoms with Crippen molar-refractivity contribution in [1.82, 2.24) is 10.3 Å². The van der Waals surface area contributed by atoms with E-state index in [1.807, 2.05) is 6.07 Å². The van der Waals surface area contributed by atoms with E-state index >= 15 is 0 Å². The lowest BCUT2D eigenvalue weighted by Crippen LogP contribution is -2.20. The van der Waals surface area contributed by atoms with Gasteiger partial charge < -0.3 is 4.74 Å². The Balaban J connectivity index is 1.81. The van der Waals surface area contributed by atoms with Gasteiger partial charge in [-0.3, -0.25) is 5.32 Å². The first-order valence-corrected chi connectivity index (χ1v) is 7.28. The van der Waals surface area contributed by atoms with Crippen LogP contribution in [0.1, 0.15) is 29.2 Å². The number of hydrogen-bond acceptors (Lipinski definition) is 3. The van der Waals surface area contributed by atoms with E-state index in [9.17, 15) is 4.39 Å². The van der Waals surface area contributed by atoms with Gasteiger partial charge in [0.2, 0.25) is 5.88 Å².